The van der Waals surface area contributed by atoms with Crippen molar-refractivity contribution in [1.29, 1.82) is 0 Å². The predicted octanol–water partition coefficient (Wildman–Crippen LogP) is 0.0971. The van der Waals surface area contributed by atoms with Crippen molar-refractivity contribution < 1.29 is 19.5 Å². The average Bonchev–Trinajstić information content (AvgIpc) is 2.24. The highest BCUT2D eigenvalue weighted by Gasteiger charge is 2.29. The van der Waals surface area contributed by atoms with E-state index in [-0.39, 0.29) is 12.6 Å². The van der Waals surface area contributed by atoms with Crippen molar-refractivity contribution in [3.8, 4) is 0 Å². The van der Waals surface area contributed by atoms with E-state index < -0.39 is 23.9 Å². The first-order valence-corrected chi connectivity index (χ1v) is 5.76. The van der Waals surface area contributed by atoms with Crippen molar-refractivity contribution in [2.24, 2.45) is 5.73 Å². The lowest BCUT2D eigenvalue weighted by Crippen LogP contribution is -2.52. The van der Waals surface area contributed by atoms with Gasteiger partial charge in [-0.25, -0.2) is 9.59 Å². The summed E-state index contributed by atoms with van der Waals surface area (Å²) in [6.45, 7) is 4.92. The Labute approximate surface area is 107 Å². The number of likely N-dealkylation sites (N-methyl/N-ethyl adjacent to an activating group) is 1. The van der Waals surface area contributed by atoms with E-state index in [0.717, 1.165) is 4.90 Å². The summed E-state index contributed by atoms with van der Waals surface area (Å²) in [5.41, 5.74) is 5.07. The van der Waals surface area contributed by atoms with Gasteiger partial charge in [0.05, 0.1) is 0 Å². The lowest BCUT2D eigenvalue weighted by molar-refractivity contribution is -0.142. The highest BCUT2D eigenvalue weighted by atomic mass is 16.4. The molecule has 18 heavy (non-hydrogen) atoms. The van der Waals surface area contributed by atoms with Crippen LogP contribution in [-0.2, 0) is 9.59 Å². The lowest BCUT2D eigenvalue weighted by atomic mass is 10.2. The molecular formula is C11H21N3O4. The molecule has 0 saturated carbocycles. The smallest absolute Gasteiger partial charge is 0.326 e. The number of aliphatic carboxylic acids is 1. The highest BCUT2D eigenvalue weighted by molar-refractivity contribution is 5.86. The monoisotopic (exact) mass is 259 g/mol. The standard InChI is InChI=1S/C11H21N3O4/c1-5-8(10(16)17)13(4)11(18)14(7(2)3)6-9(12)15/h7-8H,5-6H2,1-4H3,(H2,12,15)(H,16,17). The van der Waals surface area contributed by atoms with Crippen molar-refractivity contribution >= 4 is 17.9 Å². The molecule has 7 heteroatoms. The fourth-order valence-corrected chi connectivity index (χ4v) is 1.59. The van der Waals surface area contributed by atoms with Crippen LogP contribution >= 0.6 is 0 Å². The Morgan fingerprint density at radius 1 is 1.28 bits per heavy atom. The van der Waals surface area contributed by atoms with Crippen molar-refractivity contribution in [2.45, 2.75) is 39.3 Å². The molecule has 0 aromatic heterocycles. The fraction of sp³-hybridized carbons (Fsp3) is 0.727. The Hall–Kier alpha value is -1.79. The van der Waals surface area contributed by atoms with Gasteiger partial charge < -0.3 is 20.6 Å². The first-order chi connectivity index (χ1) is 8.22. The third kappa shape index (κ3) is 4.23. The number of hydrogen-bond acceptors (Lipinski definition) is 3. The molecule has 0 rings (SSSR count). The third-order valence-electron chi connectivity index (χ3n) is 2.64. The van der Waals surface area contributed by atoms with E-state index in [1.807, 2.05) is 0 Å². The van der Waals surface area contributed by atoms with Gasteiger partial charge in [0.15, 0.2) is 0 Å². The van der Waals surface area contributed by atoms with Crippen LogP contribution < -0.4 is 5.73 Å². The van der Waals surface area contributed by atoms with Crippen molar-refractivity contribution in [3.05, 3.63) is 0 Å². The molecule has 0 bridgehead atoms. The molecule has 0 aromatic carbocycles. The SMILES string of the molecule is CCC(C(=O)O)N(C)C(=O)N(CC(N)=O)C(C)C. The Balaban J connectivity index is 4.96. The topological polar surface area (TPSA) is 104 Å². The number of primary amides is 1. The van der Waals surface area contributed by atoms with E-state index in [9.17, 15) is 14.4 Å². The van der Waals surface area contributed by atoms with Crippen LogP contribution in [0.3, 0.4) is 0 Å². The number of carbonyl (C=O) groups excluding carboxylic acids is 2. The van der Waals surface area contributed by atoms with E-state index in [2.05, 4.69) is 0 Å². The van der Waals surface area contributed by atoms with Crippen LogP contribution in [-0.4, -0.2) is 58.5 Å². The number of rotatable bonds is 6. The molecule has 3 N–H and O–H groups in total. The number of carboxylic acids is 1. The Morgan fingerprint density at radius 3 is 2.06 bits per heavy atom. The molecule has 0 saturated heterocycles. The molecule has 104 valence electrons. The average molecular weight is 259 g/mol. The molecule has 0 aliphatic rings. The minimum absolute atomic E-state index is 0.225. The van der Waals surface area contributed by atoms with E-state index >= 15 is 0 Å². The Kier molecular flexibility index (Phi) is 6.15. The lowest BCUT2D eigenvalue weighted by Gasteiger charge is -2.32. The number of amides is 3. The highest BCUT2D eigenvalue weighted by Crippen LogP contribution is 2.09. The number of urea groups is 1. The molecule has 0 heterocycles. The second kappa shape index (κ2) is 6.83. The molecule has 0 radical (unpaired) electrons. The van der Waals surface area contributed by atoms with Crippen LogP contribution in [0.25, 0.3) is 0 Å². The van der Waals surface area contributed by atoms with Crippen LogP contribution in [0.15, 0.2) is 0 Å². The van der Waals surface area contributed by atoms with Crippen molar-refractivity contribution in [2.75, 3.05) is 13.6 Å². The summed E-state index contributed by atoms with van der Waals surface area (Å²) in [6.07, 6.45) is 0.292. The Bertz CT molecular complexity index is 330. The molecule has 0 aliphatic heterocycles. The summed E-state index contributed by atoms with van der Waals surface area (Å²) in [5, 5.41) is 8.99. The number of carboxylic acid groups (broad SMARTS) is 1. The zero-order chi connectivity index (χ0) is 14.5. The summed E-state index contributed by atoms with van der Waals surface area (Å²) in [4.78, 5) is 36.4. The second-order valence-corrected chi connectivity index (χ2v) is 4.34. The quantitative estimate of drug-likeness (QED) is 0.705. The van der Waals surface area contributed by atoms with Gasteiger partial charge in [0.2, 0.25) is 5.91 Å². The van der Waals surface area contributed by atoms with Gasteiger partial charge >= 0.3 is 12.0 Å². The summed E-state index contributed by atoms with van der Waals surface area (Å²) < 4.78 is 0. The third-order valence-corrected chi connectivity index (χ3v) is 2.64. The summed E-state index contributed by atoms with van der Waals surface area (Å²) in [6, 6.07) is -1.66. The van der Waals surface area contributed by atoms with Gasteiger partial charge in [0, 0.05) is 13.1 Å². The largest absolute Gasteiger partial charge is 0.480 e. The van der Waals surface area contributed by atoms with Crippen molar-refractivity contribution in [1.82, 2.24) is 9.80 Å². The number of nitrogens with zero attached hydrogens (tertiary/aromatic N) is 2. The van der Waals surface area contributed by atoms with Gasteiger partial charge in [0.25, 0.3) is 0 Å². The maximum atomic E-state index is 12.1. The zero-order valence-corrected chi connectivity index (χ0v) is 11.2. The first kappa shape index (κ1) is 16.2. The van der Waals surface area contributed by atoms with E-state index in [1.165, 1.54) is 11.9 Å². The van der Waals surface area contributed by atoms with Gasteiger partial charge in [-0.05, 0) is 20.3 Å². The first-order valence-electron chi connectivity index (χ1n) is 5.76. The molecule has 1 unspecified atom stereocenters. The molecule has 0 aromatic rings. The summed E-state index contributed by atoms with van der Waals surface area (Å²) in [5.74, 6) is -1.70. The molecule has 7 nitrogen and oxygen atoms in total. The van der Waals surface area contributed by atoms with E-state index in [0.29, 0.717) is 6.42 Å². The van der Waals surface area contributed by atoms with Crippen LogP contribution in [0.4, 0.5) is 4.79 Å². The van der Waals surface area contributed by atoms with Crippen LogP contribution in [0, 0.1) is 0 Å². The maximum absolute atomic E-state index is 12.1. The molecule has 0 spiro atoms. The van der Waals surface area contributed by atoms with Crippen LogP contribution in [0.1, 0.15) is 27.2 Å². The second-order valence-electron chi connectivity index (χ2n) is 4.34. The molecule has 0 aliphatic carbocycles. The predicted molar refractivity (Wildman–Crippen MR) is 65.9 cm³/mol. The maximum Gasteiger partial charge on any atom is 0.326 e. The van der Waals surface area contributed by atoms with Gasteiger partial charge in [-0.2, -0.15) is 0 Å². The van der Waals surface area contributed by atoms with Gasteiger partial charge in [-0.3, -0.25) is 4.79 Å². The van der Waals surface area contributed by atoms with Gasteiger partial charge in [-0.15, -0.1) is 0 Å². The van der Waals surface area contributed by atoms with Gasteiger partial charge in [-0.1, -0.05) is 6.92 Å². The minimum Gasteiger partial charge on any atom is -0.480 e. The molecule has 3 amide bonds. The number of carbonyl (C=O) groups is 3. The summed E-state index contributed by atoms with van der Waals surface area (Å²) >= 11 is 0. The van der Waals surface area contributed by atoms with E-state index in [4.69, 9.17) is 10.8 Å². The fourth-order valence-electron chi connectivity index (χ4n) is 1.59. The normalized spacial score (nSPS) is 12.1. The zero-order valence-electron chi connectivity index (χ0n) is 11.2. The van der Waals surface area contributed by atoms with E-state index in [1.54, 1.807) is 20.8 Å². The van der Waals surface area contributed by atoms with Gasteiger partial charge in [0.1, 0.15) is 12.6 Å². The number of nitrogens with two attached hydrogens (primary N) is 1. The van der Waals surface area contributed by atoms with Crippen LogP contribution in [0.2, 0.25) is 0 Å². The Morgan fingerprint density at radius 2 is 1.78 bits per heavy atom. The molecule has 0 fully saturated rings. The summed E-state index contributed by atoms with van der Waals surface area (Å²) in [7, 11) is 1.40. The number of hydrogen-bond donors (Lipinski definition) is 2. The van der Waals surface area contributed by atoms with Crippen LogP contribution in [0.5, 0.6) is 0 Å². The molecule has 1 atom stereocenters. The van der Waals surface area contributed by atoms with Crippen molar-refractivity contribution in [3.63, 3.8) is 0 Å². The molecular weight excluding hydrogens is 238 g/mol. The minimum atomic E-state index is -1.07.